The molecule has 16 heavy (non-hydrogen) atoms. The van der Waals surface area contributed by atoms with Crippen LogP contribution in [0.5, 0.6) is 0 Å². The second-order valence-corrected chi connectivity index (χ2v) is 4.31. The molecule has 86 valence electrons. The van der Waals surface area contributed by atoms with E-state index in [1.165, 1.54) is 6.42 Å². The van der Waals surface area contributed by atoms with E-state index in [2.05, 4.69) is 0 Å². The SMILES string of the molecule is Cc1cc(C(=O)O)ccc1COC1CCC1. The lowest BCUT2D eigenvalue weighted by Gasteiger charge is -2.25. The van der Waals surface area contributed by atoms with Crippen LogP contribution in [0.4, 0.5) is 0 Å². The molecule has 1 saturated carbocycles. The first-order valence-electron chi connectivity index (χ1n) is 5.61. The van der Waals surface area contributed by atoms with Crippen molar-refractivity contribution in [1.29, 1.82) is 0 Å². The van der Waals surface area contributed by atoms with Gasteiger partial charge in [-0.1, -0.05) is 6.07 Å². The predicted molar refractivity (Wildman–Crippen MR) is 60.6 cm³/mol. The van der Waals surface area contributed by atoms with Gasteiger partial charge < -0.3 is 9.84 Å². The Hall–Kier alpha value is -1.35. The van der Waals surface area contributed by atoms with Gasteiger partial charge in [-0.05, 0) is 49.4 Å². The molecule has 1 N–H and O–H groups in total. The number of benzene rings is 1. The minimum atomic E-state index is -0.880. The second kappa shape index (κ2) is 4.66. The van der Waals surface area contributed by atoms with Gasteiger partial charge in [0.05, 0.1) is 18.3 Å². The smallest absolute Gasteiger partial charge is 0.335 e. The number of ether oxygens (including phenoxy) is 1. The summed E-state index contributed by atoms with van der Waals surface area (Å²) in [5.74, 6) is -0.880. The minimum Gasteiger partial charge on any atom is -0.478 e. The second-order valence-electron chi connectivity index (χ2n) is 4.31. The predicted octanol–water partition coefficient (Wildman–Crippen LogP) is 2.76. The first-order valence-corrected chi connectivity index (χ1v) is 5.61. The van der Waals surface area contributed by atoms with Crippen molar-refractivity contribution in [2.24, 2.45) is 0 Å². The van der Waals surface area contributed by atoms with Gasteiger partial charge in [0.2, 0.25) is 0 Å². The Bertz CT molecular complexity index is 394. The van der Waals surface area contributed by atoms with Gasteiger partial charge in [0.25, 0.3) is 0 Å². The molecule has 1 aromatic rings. The molecule has 0 radical (unpaired) electrons. The number of carbonyl (C=O) groups is 1. The lowest BCUT2D eigenvalue weighted by atomic mass is 9.96. The average molecular weight is 220 g/mol. The van der Waals surface area contributed by atoms with E-state index in [0.717, 1.165) is 24.0 Å². The van der Waals surface area contributed by atoms with Crippen molar-refractivity contribution in [3.8, 4) is 0 Å². The van der Waals surface area contributed by atoms with E-state index in [4.69, 9.17) is 9.84 Å². The third-order valence-electron chi connectivity index (χ3n) is 3.12. The molecule has 0 atom stereocenters. The zero-order valence-corrected chi connectivity index (χ0v) is 9.40. The topological polar surface area (TPSA) is 46.5 Å². The van der Waals surface area contributed by atoms with Crippen LogP contribution in [0.1, 0.15) is 40.7 Å². The summed E-state index contributed by atoms with van der Waals surface area (Å²) in [4.78, 5) is 10.8. The van der Waals surface area contributed by atoms with Gasteiger partial charge in [-0.15, -0.1) is 0 Å². The van der Waals surface area contributed by atoms with Crippen LogP contribution in [0.15, 0.2) is 18.2 Å². The summed E-state index contributed by atoms with van der Waals surface area (Å²) in [7, 11) is 0. The molecule has 0 saturated heterocycles. The Morgan fingerprint density at radius 2 is 2.25 bits per heavy atom. The van der Waals surface area contributed by atoms with Crippen LogP contribution in [0.25, 0.3) is 0 Å². The first-order chi connectivity index (χ1) is 7.66. The van der Waals surface area contributed by atoms with E-state index in [1.807, 2.05) is 13.0 Å². The fraction of sp³-hybridized carbons (Fsp3) is 0.462. The molecule has 0 heterocycles. The molecular weight excluding hydrogens is 204 g/mol. The summed E-state index contributed by atoms with van der Waals surface area (Å²) >= 11 is 0. The maximum Gasteiger partial charge on any atom is 0.335 e. The Labute approximate surface area is 95.0 Å². The molecule has 0 unspecified atom stereocenters. The first kappa shape index (κ1) is 11.1. The van der Waals surface area contributed by atoms with Gasteiger partial charge in [0.1, 0.15) is 0 Å². The molecule has 0 bridgehead atoms. The molecule has 0 amide bonds. The van der Waals surface area contributed by atoms with Crippen LogP contribution >= 0.6 is 0 Å². The van der Waals surface area contributed by atoms with Gasteiger partial charge >= 0.3 is 5.97 Å². The van der Waals surface area contributed by atoms with E-state index in [-0.39, 0.29) is 0 Å². The fourth-order valence-electron chi connectivity index (χ4n) is 1.74. The molecule has 3 nitrogen and oxygen atoms in total. The van der Waals surface area contributed by atoms with Gasteiger partial charge in [-0.25, -0.2) is 4.79 Å². The third-order valence-corrected chi connectivity index (χ3v) is 3.12. The standard InChI is InChI=1S/C13H16O3/c1-9-7-10(13(14)15)5-6-11(9)8-16-12-3-2-4-12/h5-7,12H,2-4,8H2,1H3,(H,14,15). The zero-order chi connectivity index (χ0) is 11.5. The number of hydrogen-bond acceptors (Lipinski definition) is 2. The third kappa shape index (κ3) is 2.42. The van der Waals surface area contributed by atoms with Crippen molar-refractivity contribution in [2.75, 3.05) is 0 Å². The average Bonchev–Trinajstić information content (AvgIpc) is 2.17. The van der Waals surface area contributed by atoms with E-state index in [1.54, 1.807) is 12.1 Å². The van der Waals surface area contributed by atoms with Gasteiger partial charge in [0, 0.05) is 0 Å². The summed E-state index contributed by atoms with van der Waals surface area (Å²) in [6.07, 6.45) is 4.00. The summed E-state index contributed by atoms with van der Waals surface area (Å²) in [5.41, 5.74) is 2.40. The van der Waals surface area contributed by atoms with Crippen LogP contribution in [-0.2, 0) is 11.3 Å². The Morgan fingerprint density at radius 1 is 1.50 bits per heavy atom. The number of carboxylic acids is 1. The van der Waals surface area contributed by atoms with Crippen LogP contribution in [-0.4, -0.2) is 17.2 Å². The van der Waals surface area contributed by atoms with E-state index >= 15 is 0 Å². The molecular formula is C13H16O3. The Balaban J connectivity index is 2.00. The molecule has 1 aliphatic carbocycles. The van der Waals surface area contributed by atoms with Crippen LogP contribution < -0.4 is 0 Å². The number of aromatic carboxylic acids is 1. The normalized spacial score (nSPS) is 15.8. The van der Waals surface area contributed by atoms with Gasteiger partial charge in [0.15, 0.2) is 0 Å². The highest BCUT2D eigenvalue weighted by Crippen LogP contribution is 2.23. The van der Waals surface area contributed by atoms with E-state index in [0.29, 0.717) is 18.3 Å². The molecule has 1 aliphatic rings. The molecule has 2 rings (SSSR count). The van der Waals surface area contributed by atoms with Crippen molar-refractivity contribution in [2.45, 2.75) is 38.9 Å². The van der Waals surface area contributed by atoms with Crippen molar-refractivity contribution < 1.29 is 14.6 Å². The summed E-state index contributed by atoms with van der Waals surface area (Å²) in [6.45, 7) is 2.52. The van der Waals surface area contributed by atoms with E-state index in [9.17, 15) is 4.79 Å². The molecule has 0 aromatic heterocycles. The molecule has 1 fully saturated rings. The monoisotopic (exact) mass is 220 g/mol. The van der Waals surface area contributed by atoms with E-state index < -0.39 is 5.97 Å². The molecule has 0 spiro atoms. The highest BCUT2D eigenvalue weighted by atomic mass is 16.5. The largest absolute Gasteiger partial charge is 0.478 e. The number of aryl methyl sites for hydroxylation is 1. The van der Waals surface area contributed by atoms with Crippen molar-refractivity contribution >= 4 is 5.97 Å². The van der Waals surface area contributed by atoms with Crippen LogP contribution in [0.3, 0.4) is 0 Å². The van der Waals surface area contributed by atoms with Gasteiger partial charge in [-0.2, -0.15) is 0 Å². The Morgan fingerprint density at radius 3 is 2.75 bits per heavy atom. The maximum absolute atomic E-state index is 10.8. The highest BCUT2D eigenvalue weighted by molar-refractivity contribution is 5.87. The molecule has 1 aromatic carbocycles. The minimum absolute atomic E-state index is 0.338. The maximum atomic E-state index is 10.8. The fourth-order valence-corrected chi connectivity index (χ4v) is 1.74. The van der Waals surface area contributed by atoms with Gasteiger partial charge in [-0.3, -0.25) is 0 Å². The number of hydrogen-bond donors (Lipinski definition) is 1. The van der Waals surface area contributed by atoms with Crippen molar-refractivity contribution in [3.05, 3.63) is 34.9 Å². The van der Waals surface area contributed by atoms with Crippen molar-refractivity contribution in [1.82, 2.24) is 0 Å². The molecule has 3 heteroatoms. The lowest BCUT2D eigenvalue weighted by Crippen LogP contribution is -2.21. The van der Waals surface area contributed by atoms with Crippen molar-refractivity contribution in [3.63, 3.8) is 0 Å². The van der Waals surface area contributed by atoms with Crippen LogP contribution in [0, 0.1) is 6.92 Å². The number of rotatable bonds is 4. The zero-order valence-electron chi connectivity index (χ0n) is 9.40. The lowest BCUT2D eigenvalue weighted by molar-refractivity contribution is -0.00886. The van der Waals surface area contributed by atoms with Crippen LogP contribution in [0.2, 0.25) is 0 Å². The summed E-state index contributed by atoms with van der Waals surface area (Å²) < 4.78 is 5.70. The quantitative estimate of drug-likeness (QED) is 0.848. The molecule has 0 aliphatic heterocycles. The summed E-state index contributed by atoms with van der Waals surface area (Å²) in [6, 6.07) is 5.17. The number of carboxylic acid groups (broad SMARTS) is 1. The summed E-state index contributed by atoms with van der Waals surface area (Å²) in [5, 5.41) is 8.83. The Kier molecular flexibility index (Phi) is 3.25. The highest BCUT2D eigenvalue weighted by Gasteiger charge is 2.18.